The molecule has 0 fully saturated rings. The molecule has 0 saturated heterocycles. The Morgan fingerprint density at radius 2 is 2.00 bits per heavy atom. The van der Waals surface area contributed by atoms with Gasteiger partial charge in [0.1, 0.15) is 0 Å². The van der Waals surface area contributed by atoms with Crippen LogP contribution in [0.3, 0.4) is 0 Å². The van der Waals surface area contributed by atoms with Gasteiger partial charge in [0.05, 0.1) is 12.7 Å². The van der Waals surface area contributed by atoms with Gasteiger partial charge in [0.25, 0.3) is 0 Å². The Labute approximate surface area is 84.9 Å². The molecule has 80 valence electrons. The predicted molar refractivity (Wildman–Crippen MR) is 58.2 cm³/mol. The van der Waals surface area contributed by atoms with Gasteiger partial charge < -0.3 is 15.5 Å². The van der Waals surface area contributed by atoms with Gasteiger partial charge in [-0.3, -0.25) is 0 Å². The first-order valence-electron chi connectivity index (χ1n) is 4.68. The van der Waals surface area contributed by atoms with Crippen LogP contribution in [0.4, 0.5) is 0 Å². The van der Waals surface area contributed by atoms with Crippen LogP contribution in [0.2, 0.25) is 0 Å². The monoisotopic (exact) mass is 207 g/mol. The van der Waals surface area contributed by atoms with Crippen LogP contribution in [0.1, 0.15) is 20.3 Å². The summed E-state index contributed by atoms with van der Waals surface area (Å²) in [6.45, 7) is 4.14. The minimum atomic E-state index is -0.572. The Kier molecular flexibility index (Phi) is 7.75. The lowest BCUT2D eigenvalue weighted by Gasteiger charge is -2.17. The summed E-state index contributed by atoms with van der Waals surface area (Å²) in [5.41, 5.74) is 0. The topological polar surface area (TPSA) is 52.5 Å². The maximum Gasteiger partial charge on any atom is 0.0861 e. The highest BCUT2D eigenvalue weighted by atomic mass is 32.2. The van der Waals surface area contributed by atoms with Crippen LogP contribution in [0, 0.1) is 0 Å². The molecule has 0 aliphatic carbocycles. The Hall–Kier alpha value is 0.230. The summed E-state index contributed by atoms with van der Waals surface area (Å²) < 4.78 is 0. The van der Waals surface area contributed by atoms with Gasteiger partial charge in [-0.15, -0.1) is 0 Å². The molecule has 0 aromatic heterocycles. The van der Waals surface area contributed by atoms with Crippen LogP contribution in [0.25, 0.3) is 0 Å². The van der Waals surface area contributed by atoms with Crippen molar-refractivity contribution in [3.05, 3.63) is 0 Å². The molecule has 0 saturated carbocycles. The van der Waals surface area contributed by atoms with Gasteiger partial charge in [-0.2, -0.15) is 11.8 Å². The Morgan fingerprint density at radius 3 is 2.46 bits per heavy atom. The number of hydrogen-bond donors (Lipinski definition) is 3. The molecule has 0 bridgehead atoms. The molecule has 3 atom stereocenters. The summed E-state index contributed by atoms with van der Waals surface area (Å²) in [5, 5.41) is 21.4. The number of aliphatic hydroxyl groups excluding tert-OH is 2. The highest BCUT2D eigenvalue weighted by Gasteiger charge is 2.09. The van der Waals surface area contributed by atoms with Crippen LogP contribution >= 0.6 is 11.8 Å². The van der Waals surface area contributed by atoms with Gasteiger partial charge in [0, 0.05) is 17.0 Å². The Balaban J connectivity index is 3.45. The van der Waals surface area contributed by atoms with Crippen molar-refractivity contribution in [2.45, 2.75) is 37.7 Å². The van der Waals surface area contributed by atoms with Crippen LogP contribution < -0.4 is 5.32 Å². The molecule has 3 unspecified atom stereocenters. The number of hydrogen-bond acceptors (Lipinski definition) is 4. The zero-order valence-electron chi connectivity index (χ0n) is 8.66. The SMILES string of the molecule is CNC(C)CC(C)SCC(O)CO. The second-order valence-corrected chi connectivity index (χ2v) is 4.88. The minimum Gasteiger partial charge on any atom is -0.394 e. The summed E-state index contributed by atoms with van der Waals surface area (Å²) in [4.78, 5) is 0. The van der Waals surface area contributed by atoms with E-state index in [2.05, 4.69) is 19.2 Å². The van der Waals surface area contributed by atoms with Crippen molar-refractivity contribution in [1.82, 2.24) is 5.32 Å². The van der Waals surface area contributed by atoms with E-state index in [0.29, 0.717) is 17.0 Å². The second-order valence-electron chi connectivity index (χ2n) is 3.41. The quantitative estimate of drug-likeness (QED) is 0.568. The largest absolute Gasteiger partial charge is 0.394 e. The van der Waals surface area contributed by atoms with Crippen molar-refractivity contribution < 1.29 is 10.2 Å². The molecule has 3 nitrogen and oxygen atoms in total. The fourth-order valence-electron chi connectivity index (χ4n) is 1.01. The van der Waals surface area contributed by atoms with Crippen molar-refractivity contribution in [2.24, 2.45) is 0 Å². The summed E-state index contributed by atoms with van der Waals surface area (Å²) in [6, 6.07) is 0.508. The van der Waals surface area contributed by atoms with E-state index in [4.69, 9.17) is 10.2 Å². The molecule has 0 radical (unpaired) electrons. The van der Waals surface area contributed by atoms with Crippen LogP contribution in [-0.2, 0) is 0 Å². The normalized spacial score (nSPS) is 18.2. The van der Waals surface area contributed by atoms with E-state index in [1.54, 1.807) is 11.8 Å². The molecule has 0 heterocycles. The lowest BCUT2D eigenvalue weighted by Crippen LogP contribution is -2.25. The molecule has 0 spiro atoms. The number of nitrogens with one attached hydrogen (secondary N) is 1. The van der Waals surface area contributed by atoms with E-state index in [1.807, 2.05) is 7.05 Å². The minimum absolute atomic E-state index is 0.138. The van der Waals surface area contributed by atoms with Gasteiger partial charge >= 0.3 is 0 Å². The molecular formula is C9H21NO2S. The number of aliphatic hydroxyl groups is 2. The average molecular weight is 207 g/mol. The van der Waals surface area contributed by atoms with Crippen LogP contribution in [-0.4, -0.2) is 47.0 Å². The van der Waals surface area contributed by atoms with Crippen molar-refractivity contribution in [3.8, 4) is 0 Å². The highest BCUT2D eigenvalue weighted by molar-refractivity contribution is 7.99. The maximum atomic E-state index is 9.11. The van der Waals surface area contributed by atoms with E-state index >= 15 is 0 Å². The standard InChI is InChI=1S/C9H21NO2S/c1-7(10-3)4-8(2)13-6-9(12)5-11/h7-12H,4-6H2,1-3H3. The van der Waals surface area contributed by atoms with Crippen molar-refractivity contribution in [1.29, 1.82) is 0 Å². The summed E-state index contributed by atoms with van der Waals surface area (Å²) in [7, 11) is 1.95. The Bertz CT molecular complexity index is 124. The molecule has 13 heavy (non-hydrogen) atoms. The van der Waals surface area contributed by atoms with Crippen LogP contribution in [0.5, 0.6) is 0 Å². The van der Waals surface area contributed by atoms with E-state index in [9.17, 15) is 0 Å². The molecular weight excluding hydrogens is 186 g/mol. The second kappa shape index (κ2) is 7.62. The lowest BCUT2D eigenvalue weighted by molar-refractivity contribution is 0.113. The van der Waals surface area contributed by atoms with Gasteiger partial charge in [0.15, 0.2) is 0 Å². The van der Waals surface area contributed by atoms with E-state index in [-0.39, 0.29) is 6.61 Å². The molecule has 0 aliphatic heterocycles. The van der Waals surface area contributed by atoms with Gasteiger partial charge in [-0.05, 0) is 20.4 Å². The maximum absolute atomic E-state index is 9.11. The molecule has 0 rings (SSSR count). The summed E-state index contributed by atoms with van der Waals surface area (Å²) >= 11 is 1.70. The van der Waals surface area contributed by atoms with Gasteiger partial charge in [-0.1, -0.05) is 6.92 Å². The summed E-state index contributed by atoms with van der Waals surface area (Å²) in [5.74, 6) is 0.619. The van der Waals surface area contributed by atoms with E-state index in [1.165, 1.54) is 0 Å². The van der Waals surface area contributed by atoms with E-state index < -0.39 is 6.10 Å². The average Bonchev–Trinajstić information content (AvgIpc) is 2.13. The van der Waals surface area contributed by atoms with Crippen molar-refractivity contribution in [3.63, 3.8) is 0 Å². The first-order chi connectivity index (χ1) is 6.10. The molecule has 0 aliphatic rings. The zero-order valence-corrected chi connectivity index (χ0v) is 9.47. The number of thioether (sulfide) groups is 1. The third-order valence-corrected chi connectivity index (χ3v) is 3.30. The highest BCUT2D eigenvalue weighted by Crippen LogP contribution is 2.16. The van der Waals surface area contributed by atoms with Gasteiger partial charge in [-0.25, -0.2) is 0 Å². The first-order valence-corrected chi connectivity index (χ1v) is 5.72. The molecule has 0 amide bonds. The fraction of sp³-hybridized carbons (Fsp3) is 1.00. The van der Waals surface area contributed by atoms with Crippen molar-refractivity contribution in [2.75, 3.05) is 19.4 Å². The van der Waals surface area contributed by atoms with Crippen LogP contribution in [0.15, 0.2) is 0 Å². The first kappa shape index (κ1) is 13.2. The molecule has 4 heteroatoms. The molecule has 0 aromatic carbocycles. The Morgan fingerprint density at radius 1 is 1.38 bits per heavy atom. The van der Waals surface area contributed by atoms with Crippen molar-refractivity contribution >= 4 is 11.8 Å². The van der Waals surface area contributed by atoms with E-state index in [0.717, 1.165) is 6.42 Å². The van der Waals surface area contributed by atoms with Gasteiger partial charge in [0.2, 0.25) is 0 Å². The molecule has 0 aromatic rings. The third kappa shape index (κ3) is 7.31. The predicted octanol–water partition coefficient (Wildman–Crippen LogP) is 0.459. The lowest BCUT2D eigenvalue weighted by atomic mass is 10.2. The zero-order chi connectivity index (χ0) is 10.3. The third-order valence-electron chi connectivity index (χ3n) is 1.96. The summed E-state index contributed by atoms with van der Waals surface area (Å²) in [6.07, 6.45) is 0.511. The molecule has 3 N–H and O–H groups in total. The smallest absolute Gasteiger partial charge is 0.0861 e. The fourth-order valence-corrected chi connectivity index (χ4v) is 2.09. The number of rotatable bonds is 7.